The van der Waals surface area contributed by atoms with Crippen molar-refractivity contribution in [1.29, 1.82) is 0 Å². The first kappa shape index (κ1) is 18.5. The molecule has 0 aliphatic heterocycles. The highest BCUT2D eigenvalue weighted by Crippen LogP contribution is 2.38. The Morgan fingerprint density at radius 2 is 1.61 bits per heavy atom. The summed E-state index contributed by atoms with van der Waals surface area (Å²) >= 11 is 0. The van der Waals surface area contributed by atoms with Gasteiger partial charge in [0, 0.05) is 12.6 Å². The molecule has 0 saturated carbocycles. The molecule has 0 bridgehead atoms. The number of nitrogens with one attached hydrogen (secondary N) is 2. The second kappa shape index (κ2) is 6.97. The van der Waals surface area contributed by atoms with Crippen LogP contribution in [0.15, 0.2) is 23.5 Å². The summed E-state index contributed by atoms with van der Waals surface area (Å²) in [6, 6.07) is 1.41. The van der Waals surface area contributed by atoms with Gasteiger partial charge < -0.3 is 5.32 Å². The molecule has 0 unspecified atom stereocenters. The number of urea groups is 1. The molecule has 2 aromatic rings. The average Bonchev–Trinajstić information content (AvgIpc) is 3.30. The lowest BCUT2D eigenvalue weighted by Gasteiger charge is -2.16. The largest absolute Gasteiger partial charge is 0.333 e. The minimum Gasteiger partial charge on any atom is -0.307 e. The number of Topliss-reactive ketones (excluding diaryl/α,β-unsaturated/α-hetero) is 1. The number of nitrogens with zero attached hydrogens (tertiary/aromatic N) is 2. The highest BCUT2D eigenvalue weighted by Gasteiger charge is 2.26. The van der Waals surface area contributed by atoms with E-state index in [0.29, 0.717) is 0 Å². The van der Waals surface area contributed by atoms with Crippen LogP contribution >= 0.6 is 0 Å². The second-order valence-corrected chi connectivity index (χ2v) is 8.72. The molecule has 9 heteroatoms. The van der Waals surface area contributed by atoms with Gasteiger partial charge in [-0.2, -0.15) is 8.42 Å². The monoisotopic (exact) mass is 400 g/mol. The van der Waals surface area contributed by atoms with E-state index in [1.165, 1.54) is 18.1 Å². The maximum atomic E-state index is 12.5. The van der Waals surface area contributed by atoms with Crippen molar-refractivity contribution in [3.05, 3.63) is 46.4 Å². The number of aromatic nitrogens is 2. The van der Waals surface area contributed by atoms with Gasteiger partial charge in [-0.3, -0.25) is 4.79 Å². The van der Waals surface area contributed by atoms with Crippen molar-refractivity contribution in [1.82, 2.24) is 14.7 Å². The van der Waals surface area contributed by atoms with Crippen LogP contribution in [0.4, 0.5) is 10.5 Å². The molecule has 1 heterocycles. The normalized spacial score (nSPS) is 15.0. The van der Waals surface area contributed by atoms with Crippen molar-refractivity contribution in [2.45, 2.75) is 50.5 Å². The summed E-state index contributed by atoms with van der Waals surface area (Å²) in [5.41, 5.74) is 5.51. The number of hydrogen-bond acceptors (Lipinski definition) is 6. The molecule has 0 radical (unpaired) electrons. The number of aryl methyl sites for hydroxylation is 2. The Hall–Kier alpha value is -2.81. The molecule has 146 valence electrons. The minimum absolute atomic E-state index is 0.0545. The Kier molecular flexibility index (Phi) is 4.62. The van der Waals surface area contributed by atoms with Crippen LogP contribution in [0.3, 0.4) is 0 Å². The van der Waals surface area contributed by atoms with Gasteiger partial charge in [0.2, 0.25) is 0 Å². The lowest BCUT2D eigenvalue weighted by Crippen LogP contribution is -2.35. The Morgan fingerprint density at radius 3 is 2.14 bits per heavy atom. The molecule has 2 N–H and O–H groups in total. The third-order valence-corrected chi connectivity index (χ3v) is 6.42. The van der Waals surface area contributed by atoms with Crippen LogP contribution in [0.2, 0.25) is 0 Å². The van der Waals surface area contributed by atoms with E-state index in [4.69, 9.17) is 0 Å². The number of rotatable bonds is 4. The Bertz CT molecular complexity index is 1050. The molecule has 2 aliphatic carbocycles. The minimum atomic E-state index is -4.20. The van der Waals surface area contributed by atoms with Crippen LogP contribution in [-0.2, 0) is 35.7 Å². The lowest BCUT2D eigenvalue weighted by molar-refractivity contribution is 0.101. The van der Waals surface area contributed by atoms with Gasteiger partial charge in [-0.25, -0.2) is 19.5 Å². The Balaban J connectivity index is 1.56. The standard InChI is InChI=1S/C19H20N4O4S/c1-11(24)16-9-21-17(10-20-16)28(26,27)23-19(25)22-18-14-6-2-4-12(14)8-13-5-3-7-15(13)18/h8-10H,2-7H2,1H3,(H2,22,23,25). The van der Waals surface area contributed by atoms with Crippen molar-refractivity contribution >= 4 is 27.5 Å². The summed E-state index contributed by atoms with van der Waals surface area (Å²) in [5.74, 6) is -0.325. The number of ketones is 1. The maximum absolute atomic E-state index is 12.5. The van der Waals surface area contributed by atoms with Crippen molar-refractivity contribution in [2.24, 2.45) is 0 Å². The van der Waals surface area contributed by atoms with E-state index >= 15 is 0 Å². The van der Waals surface area contributed by atoms with Gasteiger partial charge >= 0.3 is 6.03 Å². The third-order valence-electron chi connectivity index (χ3n) is 5.20. The van der Waals surface area contributed by atoms with Crippen molar-refractivity contribution in [3.63, 3.8) is 0 Å². The first-order valence-electron chi connectivity index (χ1n) is 9.18. The van der Waals surface area contributed by atoms with Crippen LogP contribution in [0, 0.1) is 0 Å². The topological polar surface area (TPSA) is 118 Å². The van der Waals surface area contributed by atoms with Gasteiger partial charge in [-0.1, -0.05) is 6.07 Å². The number of fused-ring (bicyclic) bond motifs is 2. The second-order valence-electron chi connectivity index (χ2n) is 7.09. The van der Waals surface area contributed by atoms with Gasteiger partial charge in [-0.15, -0.1) is 0 Å². The number of hydrogen-bond donors (Lipinski definition) is 2. The zero-order valence-corrected chi connectivity index (χ0v) is 16.2. The quantitative estimate of drug-likeness (QED) is 0.760. The Labute approximate surface area is 162 Å². The molecule has 1 aromatic heterocycles. The number of carbonyl (C=O) groups is 2. The predicted octanol–water partition coefficient (Wildman–Crippen LogP) is 2.17. The van der Waals surface area contributed by atoms with E-state index in [-0.39, 0.29) is 11.5 Å². The number of anilines is 1. The van der Waals surface area contributed by atoms with E-state index < -0.39 is 21.1 Å². The summed E-state index contributed by atoms with van der Waals surface area (Å²) in [5, 5.41) is 2.35. The summed E-state index contributed by atoms with van der Waals surface area (Å²) in [4.78, 5) is 31.2. The molecule has 28 heavy (non-hydrogen) atoms. The van der Waals surface area contributed by atoms with E-state index in [9.17, 15) is 18.0 Å². The Morgan fingerprint density at radius 1 is 0.964 bits per heavy atom. The zero-order valence-electron chi connectivity index (χ0n) is 15.4. The summed E-state index contributed by atoms with van der Waals surface area (Å²) in [6.07, 6.45) is 7.82. The fraction of sp³-hybridized carbons (Fsp3) is 0.368. The smallest absolute Gasteiger partial charge is 0.307 e. The van der Waals surface area contributed by atoms with E-state index in [0.717, 1.165) is 67.7 Å². The fourth-order valence-electron chi connectivity index (χ4n) is 3.92. The average molecular weight is 400 g/mol. The summed E-state index contributed by atoms with van der Waals surface area (Å²) in [6.45, 7) is 1.31. The number of sulfonamides is 1. The molecular weight excluding hydrogens is 380 g/mol. The number of benzene rings is 1. The highest BCUT2D eigenvalue weighted by molar-refractivity contribution is 7.90. The lowest BCUT2D eigenvalue weighted by atomic mass is 9.99. The predicted molar refractivity (Wildman–Crippen MR) is 102 cm³/mol. The van der Waals surface area contributed by atoms with Crippen LogP contribution in [0.5, 0.6) is 0 Å². The van der Waals surface area contributed by atoms with Crippen LogP contribution in [0.1, 0.15) is 52.5 Å². The summed E-state index contributed by atoms with van der Waals surface area (Å²) in [7, 11) is -4.20. The molecule has 2 aliphatic rings. The van der Waals surface area contributed by atoms with Gasteiger partial charge in [0.1, 0.15) is 5.69 Å². The molecule has 0 fully saturated rings. The zero-order chi connectivity index (χ0) is 19.9. The van der Waals surface area contributed by atoms with Gasteiger partial charge in [0.15, 0.2) is 10.8 Å². The van der Waals surface area contributed by atoms with E-state index in [1.54, 1.807) is 0 Å². The first-order chi connectivity index (χ1) is 13.3. The molecule has 1 aromatic carbocycles. The highest BCUT2D eigenvalue weighted by atomic mass is 32.2. The fourth-order valence-corrected chi connectivity index (χ4v) is 4.70. The van der Waals surface area contributed by atoms with Crippen molar-refractivity contribution in [2.75, 3.05) is 5.32 Å². The van der Waals surface area contributed by atoms with Crippen molar-refractivity contribution < 1.29 is 18.0 Å². The first-order valence-corrected chi connectivity index (χ1v) is 10.7. The maximum Gasteiger partial charge on any atom is 0.333 e. The van der Waals surface area contributed by atoms with E-state index in [2.05, 4.69) is 21.4 Å². The molecule has 0 atom stereocenters. The number of amides is 2. The van der Waals surface area contributed by atoms with Crippen molar-refractivity contribution in [3.8, 4) is 0 Å². The van der Waals surface area contributed by atoms with Crippen LogP contribution < -0.4 is 10.0 Å². The number of carbonyl (C=O) groups excluding carboxylic acids is 2. The molecule has 0 spiro atoms. The van der Waals surface area contributed by atoms with Gasteiger partial charge in [0.05, 0.1) is 12.4 Å². The van der Waals surface area contributed by atoms with Gasteiger partial charge in [-0.05, 0) is 60.8 Å². The summed E-state index contributed by atoms with van der Waals surface area (Å²) < 4.78 is 26.8. The molecule has 4 rings (SSSR count). The van der Waals surface area contributed by atoms with Crippen LogP contribution in [0.25, 0.3) is 0 Å². The SMILES string of the molecule is CC(=O)c1cnc(S(=O)(=O)NC(=O)Nc2c3c(cc4c2CCC4)CCC3)cn1. The molecule has 2 amide bonds. The third kappa shape index (κ3) is 3.37. The molecular formula is C19H20N4O4S. The molecule has 0 saturated heterocycles. The molecule has 8 nitrogen and oxygen atoms in total. The van der Waals surface area contributed by atoms with E-state index in [1.807, 2.05) is 4.72 Å². The van der Waals surface area contributed by atoms with Crippen LogP contribution in [-0.4, -0.2) is 30.2 Å². The van der Waals surface area contributed by atoms with Gasteiger partial charge in [0.25, 0.3) is 10.0 Å².